The van der Waals surface area contributed by atoms with E-state index in [1.165, 1.54) is 6.92 Å². The molecule has 3 saturated carbocycles. The minimum absolute atomic E-state index is 0.00815. The molecule has 4 aliphatic carbocycles. The topological polar surface area (TPSA) is 101 Å². The molecule has 0 aromatic carbocycles. The molecule has 6 heteroatoms. The van der Waals surface area contributed by atoms with Crippen molar-refractivity contribution in [3.8, 4) is 0 Å². The molecular weight excluding hydrogens is 384 g/mol. The number of ketones is 2. The van der Waals surface area contributed by atoms with Crippen molar-refractivity contribution in [3.05, 3.63) is 23.8 Å². The summed E-state index contributed by atoms with van der Waals surface area (Å²) in [7, 11) is 0. The Hall–Kier alpha value is -1.79. The van der Waals surface area contributed by atoms with Gasteiger partial charge in [0.2, 0.25) is 5.78 Å². The van der Waals surface area contributed by atoms with Crippen LogP contribution >= 0.6 is 0 Å². The van der Waals surface area contributed by atoms with Gasteiger partial charge in [0.25, 0.3) is 0 Å². The number of carbonyl (C=O) groups excluding carboxylic acids is 3. The SMILES string of the molecule is CC(=O)OC1(C(=O)CO)CCC2C3CC(C)C4=CC(=O)C=CC4(C)C3C(O)CC21C. The highest BCUT2D eigenvalue weighted by atomic mass is 16.6. The summed E-state index contributed by atoms with van der Waals surface area (Å²) in [6, 6.07) is 0. The first-order valence-electron chi connectivity index (χ1n) is 11.0. The average Bonchev–Trinajstić information content (AvgIpc) is 2.94. The minimum Gasteiger partial charge on any atom is -0.451 e. The van der Waals surface area contributed by atoms with Gasteiger partial charge in [0, 0.05) is 23.7 Å². The number of aliphatic hydroxyl groups excluding tert-OH is 2. The molecule has 0 amide bonds. The number of ether oxygens (including phenoxy) is 1. The monoisotopic (exact) mass is 416 g/mol. The fourth-order valence-electron chi connectivity index (χ4n) is 7.79. The molecule has 0 radical (unpaired) electrons. The van der Waals surface area contributed by atoms with E-state index >= 15 is 0 Å². The van der Waals surface area contributed by atoms with Crippen LogP contribution in [-0.4, -0.2) is 46.1 Å². The lowest BCUT2D eigenvalue weighted by atomic mass is 9.44. The normalized spacial score (nSPS) is 47.1. The lowest BCUT2D eigenvalue weighted by molar-refractivity contribution is -0.199. The van der Waals surface area contributed by atoms with Crippen molar-refractivity contribution in [3.63, 3.8) is 0 Å². The molecule has 164 valence electrons. The van der Waals surface area contributed by atoms with Crippen LogP contribution in [0.5, 0.6) is 0 Å². The number of rotatable bonds is 3. The standard InChI is InChI=1S/C24H32O6/c1-13-9-16-17-6-8-24(20(29)12-25,30-14(2)26)23(17,4)11-19(28)21(16)22(3)7-5-15(27)10-18(13)22/h5,7,10,13,16-17,19,21,25,28H,6,8-9,11-12H2,1-4H3. The Kier molecular flexibility index (Phi) is 4.90. The van der Waals surface area contributed by atoms with Crippen molar-refractivity contribution in [1.82, 2.24) is 0 Å². The van der Waals surface area contributed by atoms with Crippen LogP contribution in [0.4, 0.5) is 0 Å². The Balaban J connectivity index is 1.80. The molecule has 0 heterocycles. The van der Waals surface area contributed by atoms with E-state index in [0.29, 0.717) is 19.3 Å². The molecule has 2 N–H and O–H groups in total. The van der Waals surface area contributed by atoms with E-state index in [2.05, 4.69) is 13.8 Å². The molecule has 30 heavy (non-hydrogen) atoms. The third kappa shape index (κ3) is 2.65. The van der Waals surface area contributed by atoms with Gasteiger partial charge in [-0.2, -0.15) is 0 Å². The molecule has 8 atom stereocenters. The van der Waals surface area contributed by atoms with Crippen molar-refractivity contribution < 1.29 is 29.3 Å². The van der Waals surface area contributed by atoms with E-state index in [1.54, 1.807) is 12.2 Å². The molecular formula is C24H32O6. The van der Waals surface area contributed by atoms with Gasteiger partial charge < -0.3 is 14.9 Å². The van der Waals surface area contributed by atoms with E-state index in [1.807, 2.05) is 13.0 Å². The lowest BCUT2D eigenvalue weighted by Crippen LogP contribution is -2.63. The molecule has 0 spiro atoms. The van der Waals surface area contributed by atoms with Gasteiger partial charge in [-0.1, -0.05) is 32.4 Å². The summed E-state index contributed by atoms with van der Waals surface area (Å²) in [5, 5.41) is 21.1. The summed E-state index contributed by atoms with van der Waals surface area (Å²) in [6.07, 6.45) is 6.77. The number of esters is 1. The predicted octanol–water partition coefficient (Wildman–Crippen LogP) is 2.37. The van der Waals surface area contributed by atoms with Crippen molar-refractivity contribution in [2.45, 2.75) is 65.1 Å². The van der Waals surface area contributed by atoms with Crippen molar-refractivity contribution in [2.24, 2.45) is 34.5 Å². The molecule has 8 unspecified atom stereocenters. The number of hydrogen-bond acceptors (Lipinski definition) is 6. The zero-order valence-electron chi connectivity index (χ0n) is 18.2. The first-order chi connectivity index (χ1) is 14.0. The van der Waals surface area contributed by atoms with Gasteiger partial charge in [0.05, 0.1) is 6.10 Å². The van der Waals surface area contributed by atoms with Gasteiger partial charge in [-0.3, -0.25) is 14.4 Å². The molecule has 0 aliphatic heterocycles. The van der Waals surface area contributed by atoms with E-state index in [0.717, 1.165) is 12.0 Å². The average molecular weight is 417 g/mol. The van der Waals surface area contributed by atoms with Crippen LogP contribution in [0, 0.1) is 34.5 Å². The quantitative estimate of drug-likeness (QED) is 0.685. The smallest absolute Gasteiger partial charge is 0.303 e. The molecule has 0 aromatic rings. The number of carbonyl (C=O) groups is 3. The van der Waals surface area contributed by atoms with E-state index in [4.69, 9.17) is 4.74 Å². The van der Waals surface area contributed by atoms with E-state index in [-0.39, 0.29) is 29.5 Å². The van der Waals surface area contributed by atoms with Crippen molar-refractivity contribution >= 4 is 17.5 Å². The molecule has 0 saturated heterocycles. The summed E-state index contributed by atoms with van der Waals surface area (Å²) >= 11 is 0. The highest BCUT2D eigenvalue weighted by molar-refractivity contribution is 6.01. The van der Waals surface area contributed by atoms with Gasteiger partial charge >= 0.3 is 5.97 Å². The Bertz CT molecular complexity index is 858. The summed E-state index contributed by atoms with van der Waals surface area (Å²) < 4.78 is 5.70. The third-order valence-electron chi connectivity index (χ3n) is 8.85. The summed E-state index contributed by atoms with van der Waals surface area (Å²) in [5.74, 6) is -0.724. The Morgan fingerprint density at radius 1 is 1.30 bits per heavy atom. The molecule has 3 fully saturated rings. The van der Waals surface area contributed by atoms with Crippen LogP contribution < -0.4 is 0 Å². The van der Waals surface area contributed by atoms with Gasteiger partial charge in [0.1, 0.15) is 6.61 Å². The number of aliphatic hydroxyl groups is 2. The Morgan fingerprint density at radius 2 is 2.00 bits per heavy atom. The molecule has 4 aliphatic rings. The van der Waals surface area contributed by atoms with Crippen LogP contribution in [0.25, 0.3) is 0 Å². The second kappa shape index (κ2) is 6.86. The summed E-state index contributed by atoms with van der Waals surface area (Å²) in [4.78, 5) is 36.9. The fourth-order valence-corrected chi connectivity index (χ4v) is 7.79. The van der Waals surface area contributed by atoms with E-state index in [9.17, 15) is 24.6 Å². The number of allylic oxidation sites excluding steroid dienone is 4. The zero-order valence-corrected chi connectivity index (χ0v) is 18.2. The van der Waals surface area contributed by atoms with Gasteiger partial charge in [-0.25, -0.2) is 0 Å². The number of Topliss-reactive ketones (excluding diaryl/α,β-unsaturated/α-hetero) is 1. The molecule has 0 aromatic heterocycles. The van der Waals surface area contributed by atoms with Crippen LogP contribution in [0.1, 0.15) is 53.4 Å². The number of hydrogen-bond donors (Lipinski definition) is 2. The predicted molar refractivity (Wildman–Crippen MR) is 109 cm³/mol. The molecule has 0 bridgehead atoms. The second-order valence-corrected chi connectivity index (χ2v) is 10.3. The maximum atomic E-state index is 12.9. The van der Waals surface area contributed by atoms with Crippen molar-refractivity contribution in [1.29, 1.82) is 0 Å². The highest BCUT2D eigenvalue weighted by Crippen LogP contribution is 2.68. The maximum Gasteiger partial charge on any atom is 0.303 e. The van der Waals surface area contributed by atoms with Gasteiger partial charge in [-0.05, 0) is 55.6 Å². The maximum absolute atomic E-state index is 12.9. The van der Waals surface area contributed by atoms with Crippen LogP contribution in [0.3, 0.4) is 0 Å². The van der Waals surface area contributed by atoms with Crippen LogP contribution in [0.2, 0.25) is 0 Å². The fraction of sp³-hybridized carbons (Fsp3) is 0.708. The first-order valence-corrected chi connectivity index (χ1v) is 11.0. The second-order valence-electron chi connectivity index (χ2n) is 10.3. The van der Waals surface area contributed by atoms with Crippen LogP contribution in [0.15, 0.2) is 23.8 Å². The number of fused-ring (bicyclic) bond motifs is 5. The molecule has 6 nitrogen and oxygen atoms in total. The summed E-state index contributed by atoms with van der Waals surface area (Å²) in [5.41, 5.74) is -1.48. The lowest BCUT2D eigenvalue weighted by Gasteiger charge is -2.61. The highest BCUT2D eigenvalue weighted by Gasteiger charge is 2.70. The largest absolute Gasteiger partial charge is 0.451 e. The van der Waals surface area contributed by atoms with Gasteiger partial charge in [0.15, 0.2) is 11.4 Å². The zero-order chi connectivity index (χ0) is 22.1. The summed E-state index contributed by atoms with van der Waals surface area (Å²) in [6.45, 7) is 6.77. The third-order valence-corrected chi connectivity index (χ3v) is 8.85. The Labute approximate surface area is 177 Å². The Morgan fingerprint density at radius 3 is 2.63 bits per heavy atom. The van der Waals surface area contributed by atoms with Crippen LogP contribution in [-0.2, 0) is 19.1 Å². The first kappa shape index (κ1) is 21.4. The van der Waals surface area contributed by atoms with Gasteiger partial charge in [-0.15, -0.1) is 0 Å². The van der Waals surface area contributed by atoms with E-state index < -0.39 is 40.9 Å². The minimum atomic E-state index is -1.40. The molecule has 4 rings (SSSR count). The van der Waals surface area contributed by atoms with Crippen molar-refractivity contribution in [2.75, 3.05) is 6.61 Å².